The number of rotatable bonds is 8. The third kappa shape index (κ3) is 6.01. The molecule has 194 valence electrons. The van der Waals surface area contributed by atoms with E-state index in [1.54, 1.807) is 18.2 Å². The van der Waals surface area contributed by atoms with Crippen LogP contribution in [0.5, 0.6) is 5.75 Å². The lowest BCUT2D eigenvalue weighted by Gasteiger charge is -2.34. The molecule has 0 unspecified atom stereocenters. The molecular formula is C31H34FNO4. The van der Waals surface area contributed by atoms with Gasteiger partial charge in [0, 0.05) is 25.1 Å². The van der Waals surface area contributed by atoms with Crippen molar-refractivity contribution in [1.82, 2.24) is 4.90 Å². The Morgan fingerprint density at radius 1 is 1.03 bits per heavy atom. The standard InChI is InChI=1S/C31H34FNO4/c1-20(2)37-28-16-21(17-30(35)36)10-11-25(28)23-12-13-27(32)24-14-15-33(19-26(23)24)29(34)18-31(3,4)22-8-6-5-7-9-22/h5-13,16,20H,14-15,17-19H2,1-4H3,(H,35,36). The molecule has 0 saturated heterocycles. The Morgan fingerprint density at radius 3 is 2.41 bits per heavy atom. The minimum Gasteiger partial charge on any atom is -0.490 e. The Bertz CT molecular complexity index is 1300. The Balaban J connectivity index is 1.67. The number of amides is 1. The lowest BCUT2D eigenvalue weighted by Crippen LogP contribution is -2.39. The molecule has 0 spiro atoms. The van der Waals surface area contributed by atoms with Crippen LogP contribution in [0.25, 0.3) is 11.1 Å². The molecule has 0 fully saturated rings. The number of ether oxygens (including phenoxy) is 1. The van der Waals surface area contributed by atoms with Crippen molar-refractivity contribution in [3.05, 3.63) is 88.7 Å². The monoisotopic (exact) mass is 503 g/mol. The summed E-state index contributed by atoms with van der Waals surface area (Å²) < 4.78 is 21.0. The van der Waals surface area contributed by atoms with Crippen LogP contribution in [0.1, 0.15) is 56.4 Å². The van der Waals surface area contributed by atoms with Gasteiger partial charge in [-0.2, -0.15) is 0 Å². The second kappa shape index (κ2) is 10.8. The number of fused-ring (bicyclic) bond motifs is 1. The molecular weight excluding hydrogens is 469 g/mol. The van der Waals surface area contributed by atoms with E-state index in [2.05, 4.69) is 13.8 Å². The van der Waals surface area contributed by atoms with Gasteiger partial charge in [0.2, 0.25) is 5.91 Å². The van der Waals surface area contributed by atoms with Gasteiger partial charge in [-0.3, -0.25) is 9.59 Å². The highest BCUT2D eigenvalue weighted by Gasteiger charge is 2.31. The average molecular weight is 504 g/mol. The molecule has 1 amide bonds. The molecule has 3 aromatic carbocycles. The molecule has 0 aliphatic carbocycles. The Kier molecular flexibility index (Phi) is 7.67. The van der Waals surface area contributed by atoms with E-state index in [1.807, 2.05) is 55.1 Å². The van der Waals surface area contributed by atoms with E-state index in [-0.39, 0.29) is 29.7 Å². The normalized spacial score (nSPS) is 13.4. The summed E-state index contributed by atoms with van der Waals surface area (Å²) in [5, 5.41) is 9.23. The summed E-state index contributed by atoms with van der Waals surface area (Å²) in [5.41, 5.74) is 4.35. The average Bonchev–Trinajstić information content (AvgIpc) is 2.84. The number of hydrogen-bond donors (Lipinski definition) is 1. The molecule has 37 heavy (non-hydrogen) atoms. The first-order valence-electron chi connectivity index (χ1n) is 12.7. The first kappa shape index (κ1) is 26.4. The molecule has 0 radical (unpaired) electrons. The number of carbonyl (C=O) groups is 2. The summed E-state index contributed by atoms with van der Waals surface area (Å²) in [5.74, 6) is -0.610. The summed E-state index contributed by atoms with van der Waals surface area (Å²) in [6.07, 6.45) is 0.538. The lowest BCUT2D eigenvalue weighted by molar-refractivity contribution is -0.136. The largest absolute Gasteiger partial charge is 0.490 e. The maximum atomic E-state index is 14.9. The van der Waals surface area contributed by atoms with Gasteiger partial charge in [0.05, 0.1) is 12.5 Å². The number of benzene rings is 3. The zero-order valence-electron chi connectivity index (χ0n) is 21.9. The van der Waals surface area contributed by atoms with Crippen LogP contribution in [0.3, 0.4) is 0 Å². The second-order valence-corrected chi connectivity index (χ2v) is 10.6. The fourth-order valence-electron chi connectivity index (χ4n) is 5.00. The van der Waals surface area contributed by atoms with Crippen molar-refractivity contribution in [2.45, 2.75) is 65.0 Å². The van der Waals surface area contributed by atoms with Crippen LogP contribution in [0.4, 0.5) is 4.39 Å². The van der Waals surface area contributed by atoms with Gasteiger partial charge in [0.1, 0.15) is 11.6 Å². The van der Waals surface area contributed by atoms with Crippen molar-refractivity contribution in [2.75, 3.05) is 6.54 Å². The van der Waals surface area contributed by atoms with E-state index in [0.29, 0.717) is 42.8 Å². The molecule has 1 N–H and O–H groups in total. The lowest BCUT2D eigenvalue weighted by atomic mass is 9.81. The molecule has 1 aliphatic rings. The Morgan fingerprint density at radius 2 is 1.73 bits per heavy atom. The van der Waals surface area contributed by atoms with Gasteiger partial charge >= 0.3 is 5.97 Å². The fourth-order valence-corrected chi connectivity index (χ4v) is 5.00. The van der Waals surface area contributed by atoms with Crippen molar-refractivity contribution in [3.8, 4) is 16.9 Å². The SMILES string of the molecule is CC(C)Oc1cc(CC(=O)O)ccc1-c1ccc(F)c2c1CN(C(=O)CC(C)(C)c1ccccc1)CC2. The van der Waals surface area contributed by atoms with E-state index >= 15 is 0 Å². The molecule has 5 nitrogen and oxygen atoms in total. The van der Waals surface area contributed by atoms with Gasteiger partial charge in [0.25, 0.3) is 0 Å². The Hall–Kier alpha value is -3.67. The highest BCUT2D eigenvalue weighted by atomic mass is 19.1. The van der Waals surface area contributed by atoms with Crippen LogP contribution < -0.4 is 4.74 Å². The third-order valence-electron chi connectivity index (χ3n) is 6.91. The predicted molar refractivity (Wildman–Crippen MR) is 142 cm³/mol. The summed E-state index contributed by atoms with van der Waals surface area (Å²) >= 11 is 0. The summed E-state index contributed by atoms with van der Waals surface area (Å²) in [4.78, 5) is 26.5. The van der Waals surface area contributed by atoms with Crippen LogP contribution in [0.15, 0.2) is 60.7 Å². The number of hydrogen-bond acceptors (Lipinski definition) is 3. The van der Waals surface area contributed by atoms with Gasteiger partial charge in [-0.1, -0.05) is 62.4 Å². The second-order valence-electron chi connectivity index (χ2n) is 10.6. The number of nitrogens with zero attached hydrogens (tertiary/aromatic N) is 1. The van der Waals surface area contributed by atoms with Gasteiger partial charge < -0.3 is 14.7 Å². The molecule has 0 aromatic heterocycles. The Labute approximate surface area is 217 Å². The van der Waals surface area contributed by atoms with Crippen LogP contribution >= 0.6 is 0 Å². The quantitative estimate of drug-likeness (QED) is 0.400. The zero-order chi connectivity index (χ0) is 26.7. The minimum atomic E-state index is -0.921. The van der Waals surface area contributed by atoms with E-state index in [1.165, 1.54) is 6.07 Å². The third-order valence-corrected chi connectivity index (χ3v) is 6.91. The van der Waals surface area contributed by atoms with E-state index in [9.17, 15) is 19.1 Å². The maximum Gasteiger partial charge on any atom is 0.307 e. The topological polar surface area (TPSA) is 66.8 Å². The molecule has 3 aromatic rings. The number of halogens is 1. The van der Waals surface area contributed by atoms with Gasteiger partial charge in [-0.25, -0.2) is 4.39 Å². The van der Waals surface area contributed by atoms with Crippen molar-refractivity contribution in [2.24, 2.45) is 0 Å². The van der Waals surface area contributed by atoms with Crippen LogP contribution in [0.2, 0.25) is 0 Å². The first-order valence-corrected chi connectivity index (χ1v) is 12.7. The van der Waals surface area contributed by atoms with Gasteiger partial charge in [-0.05, 0) is 65.6 Å². The number of carboxylic acid groups (broad SMARTS) is 1. The highest BCUT2D eigenvalue weighted by molar-refractivity contribution is 5.80. The van der Waals surface area contributed by atoms with Crippen molar-refractivity contribution in [3.63, 3.8) is 0 Å². The fraction of sp³-hybridized carbons (Fsp3) is 0.355. The molecule has 1 aliphatic heterocycles. The molecule has 1 heterocycles. The van der Waals surface area contributed by atoms with Crippen LogP contribution in [-0.4, -0.2) is 34.5 Å². The molecule has 6 heteroatoms. The highest BCUT2D eigenvalue weighted by Crippen LogP contribution is 2.39. The van der Waals surface area contributed by atoms with Crippen molar-refractivity contribution in [1.29, 1.82) is 0 Å². The number of aliphatic carboxylic acids is 1. The van der Waals surface area contributed by atoms with Crippen LogP contribution in [0, 0.1) is 5.82 Å². The molecule has 0 atom stereocenters. The smallest absolute Gasteiger partial charge is 0.307 e. The summed E-state index contributed by atoms with van der Waals surface area (Å²) in [6.45, 7) is 8.72. The van der Waals surface area contributed by atoms with E-state index in [0.717, 1.165) is 22.3 Å². The van der Waals surface area contributed by atoms with Crippen LogP contribution in [-0.2, 0) is 34.4 Å². The van der Waals surface area contributed by atoms with Crippen molar-refractivity contribution < 1.29 is 23.8 Å². The molecule has 0 bridgehead atoms. The number of carboxylic acids is 1. The van der Waals surface area contributed by atoms with Crippen molar-refractivity contribution >= 4 is 11.9 Å². The minimum absolute atomic E-state index is 0.0326. The predicted octanol–water partition coefficient (Wildman–Crippen LogP) is 6.16. The van der Waals surface area contributed by atoms with Gasteiger partial charge in [-0.15, -0.1) is 0 Å². The summed E-state index contributed by atoms with van der Waals surface area (Å²) in [6, 6.07) is 18.5. The zero-order valence-corrected chi connectivity index (χ0v) is 21.9. The first-order chi connectivity index (χ1) is 17.5. The van der Waals surface area contributed by atoms with E-state index in [4.69, 9.17) is 4.74 Å². The summed E-state index contributed by atoms with van der Waals surface area (Å²) in [7, 11) is 0. The molecule has 0 saturated carbocycles. The van der Waals surface area contributed by atoms with Gasteiger partial charge in [0.15, 0.2) is 0 Å². The maximum absolute atomic E-state index is 14.9. The number of carbonyl (C=O) groups excluding carboxylic acids is 1. The van der Waals surface area contributed by atoms with E-state index < -0.39 is 5.97 Å². The molecule has 4 rings (SSSR count).